The zero-order valence-electron chi connectivity index (χ0n) is 11.3. The predicted molar refractivity (Wildman–Crippen MR) is 73.8 cm³/mol. The Morgan fingerprint density at radius 3 is 2.74 bits per heavy atom. The highest BCUT2D eigenvalue weighted by Gasteiger charge is 2.21. The van der Waals surface area contributed by atoms with Crippen LogP contribution in [0.2, 0.25) is 0 Å². The molecule has 5 heteroatoms. The molecule has 0 aliphatic heterocycles. The van der Waals surface area contributed by atoms with Gasteiger partial charge in [0.1, 0.15) is 6.07 Å². The van der Waals surface area contributed by atoms with Gasteiger partial charge in [0.15, 0.2) is 5.69 Å². The summed E-state index contributed by atoms with van der Waals surface area (Å²) in [7, 11) is 1.65. The second-order valence-electron chi connectivity index (χ2n) is 4.99. The molecular weight excluding hydrogens is 240 g/mol. The molecule has 5 nitrogen and oxygen atoms in total. The van der Waals surface area contributed by atoms with Crippen LogP contribution in [0.4, 0.5) is 5.69 Å². The largest absolute Gasteiger partial charge is 0.382 e. The third-order valence-corrected chi connectivity index (χ3v) is 2.74. The zero-order valence-corrected chi connectivity index (χ0v) is 11.3. The summed E-state index contributed by atoms with van der Waals surface area (Å²) >= 11 is 0. The number of nitriles is 1. The molecule has 1 N–H and O–H groups in total. The average molecular weight is 256 g/mol. The Labute approximate surface area is 112 Å². The van der Waals surface area contributed by atoms with Gasteiger partial charge in [-0.3, -0.25) is 0 Å². The third-order valence-electron chi connectivity index (χ3n) is 2.74. The van der Waals surface area contributed by atoms with E-state index < -0.39 is 0 Å². The molecule has 0 aliphatic carbocycles. The summed E-state index contributed by atoms with van der Waals surface area (Å²) < 4.78 is 5.18. The van der Waals surface area contributed by atoms with E-state index in [2.05, 4.69) is 21.6 Å². The second kappa shape index (κ2) is 5.21. The molecule has 0 aliphatic rings. The fraction of sp³-hybridized carbons (Fsp3) is 0.357. The summed E-state index contributed by atoms with van der Waals surface area (Å²) in [4.78, 5) is 0. The van der Waals surface area contributed by atoms with Crippen LogP contribution in [0.3, 0.4) is 0 Å². The summed E-state index contributed by atoms with van der Waals surface area (Å²) in [5.41, 5.74) is 1.46. The number of methoxy groups -OCH3 is 1. The predicted octanol–water partition coefficient (Wildman–Crippen LogP) is 2.34. The highest BCUT2D eigenvalue weighted by molar-refractivity contribution is 5.93. The highest BCUT2D eigenvalue weighted by atomic mass is 16.5. The zero-order chi connectivity index (χ0) is 13.9. The molecule has 0 bridgehead atoms. The van der Waals surface area contributed by atoms with Gasteiger partial charge in [-0.15, -0.1) is 10.2 Å². The van der Waals surface area contributed by atoms with E-state index in [1.807, 2.05) is 38.1 Å². The maximum absolute atomic E-state index is 9.18. The van der Waals surface area contributed by atoms with Crippen LogP contribution in [-0.2, 0) is 4.74 Å². The van der Waals surface area contributed by atoms with Crippen molar-refractivity contribution in [3.8, 4) is 6.07 Å². The van der Waals surface area contributed by atoms with Crippen molar-refractivity contribution in [1.82, 2.24) is 10.2 Å². The molecule has 0 radical (unpaired) electrons. The SMILES string of the molecule is COCC(C)(C)Nc1c(C#N)nnc2ccccc12. The van der Waals surface area contributed by atoms with Gasteiger partial charge in [-0.05, 0) is 19.9 Å². The number of ether oxygens (including phenoxy) is 1. The topological polar surface area (TPSA) is 70.8 Å². The van der Waals surface area contributed by atoms with Gasteiger partial charge in [0, 0.05) is 12.5 Å². The molecule has 2 aromatic rings. The summed E-state index contributed by atoms with van der Waals surface area (Å²) in [6, 6.07) is 9.69. The first-order chi connectivity index (χ1) is 9.07. The number of hydrogen-bond acceptors (Lipinski definition) is 5. The minimum atomic E-state index is -0.299. The molecule has 19 heavy (non-hydrogen) atoms. The second-order valence-corrected chi connectivity index (χ2v) is 4.99. The lowest BCUT2D eigenvalue weighted by Gasteiger charge is -2.27. The van der Waals surface area contributed by atoms with Gasteiger partial charge >= 0.3 is 0 Å². The van der Waals surface area contributed by atoms with Gasteiger partial charge in [0.2, 0.25) is 0 Å². The maximum atomic E-state index is 9.18. The number of nitrogens with zero attached hydrogens (tertiary/aromatic N) is 3. The number of nitrogens with one attached hydrogen (secondary N) is 1. The van der Waals surface area contributed by atoms with E-state index in [0.29, 0.717) is 18.0 Å². The molecule has 0 fully saturated rings. The standard InChI is InChI=1S/C14H16N4O/c1-14(2,9-19-3)16-13-10-6-4-5-7-11(10)17-18-12(13)8-15/h4-7H,9H2,1-3H3,(H,16,17). The quantitative estimate of drug-likeness (QED) is 0.909. The Bertz CT molecular complexity index is 631. The van der Waals surface area contributed by atoms with Crippen LogP contribution < -0.4 is 5.32 Å². The lowest BCUT2D eigenvalue weighted by Crippen LogP contribution is -2.36. The van der Waals surface area contributed by atoms with E-state index in [1.165, 1.54) is 0 Å². The summed E-state index contributed by atoms with van der Waals surface area (Å²) in [5, 5.41) is 21.4. The Hall–Kier alpha value is -2.19. The molecular formula is C14H16N4O. The van der Waals surface area contributed by atoms with Crippen LogP contribution in [0.15, 0.2) is 24.3 Å². The van der Waals surface area contributed by atoms with E-state index >= 15 is 0 Å². The lowest BCUT2D eigenvalue weighted by molar-refractivity contribution is 0.158. The highest BCUT2D eigenvalue weighted by Crippen LogP contribution is 2.26. The first-order valence-corrected chi connectivity index (χ1v) is 6.00. The lowest BCUT2D eigenvalue weighted by atomic mass is 10.0. The van der Waals surface area contributed by atoms with E-state index in [0.717, 1.165) is 10.9 Å². The van der Waals surface area contributed by atoms with Crippen molar-refractivity contribution < 1.29 is 4.74 Å². The molecule has 0 saturated carbocycles. The van der Waals surface area contributed by atoms with Gasteiger partial charge in [0.25, 0.3) is 0 Å². The van der Waals surface area contributed by atoms with Gasteiger partial charge < -0.3 is 10.1 Å². The Morgan fingerprint density at radius 1 is 1.32 bits per heavy atom. The molecule has 1 aromatic carbocycles. The number of benzene rings is 1. The molecule has 0 spiro atoms. The van der Waals surface area contributed by atoms with Gasteiger partial charge in [0.05, 0.1) is 23.3 Å². The number of hydrogen-bond donors (Lipinski definition) is 1. The van der Waals surface area contributed by atoms with Crippen molar-refractivity contribution >= 4 is 16.6 Å². The van der Waals surface area contributed by atoms with Gasteiger partial charge in [-0.25, -0.2) is 0 Å². The molecule has 0 saturated heterocycles. The van der Waals surface area contributed by atoms with Crippen molar-refractivity contribution in [2.24, 2.45) is 0 Å². The first-order valence-electron chi connectivity index (χ1n) is 6.00. The summed E-state index contributed by atoms with van der Waals surface area (Å²) in [6.45, 7) is 4.54. The van der Waals surface area contributed by atoms with Crippen LogP contribution >= 0.6 is 0 Å². The van der Waals surface area contributed by atoms with Crippen molar-refractivity contribution in [2.45, 2.75) is 19.4 Å². The number of aromatic nitrogens is 2. The molecule has 98 valence electrons. The minimum Gasteiger partial charge on any atom is -0.382 e. The van der Waals surface area contributed by atoms with Crippen molar-refractivity contribution in [3.63, 3.8) is 0 Å². The molecule has 1 heterocycles. The number of rotatable bonds is 4. The molecule has 0 amide bonds. The summed E-state index contributed by atoms with van der Waals surface area (Å²) in [5.74, 6) is 0. The van der Waals surface area contributed by atoms with Crippen LogP contribution in [0.25, 0.3) is 10.9 Å². The Kier molecular flexibility index (Phi) is 3.63. The minimum absolute atomic E-state index is 0.294. The Morgan fingerprint density at radius 2 is 2.05 bits per heavy atom. The van der Waals surface area contributed by atoms with Crippen molar-refractivity contribution in [2.75, 3.05) is 19.0 Å². The Balaban J connectivity index is 2.54. The van der Waals surface area contributed by atoms with E-state index in [4.69, 9.17) is 4.74 Å². The van der Waals surface area contributed by atoms with Crippen LogP contribution in [0.1, 0.15) is 19.5 Å². The fourth-order valence-corrected chi connectivity index (χ4v) is 1.99. The van der Waals surface area contributed by atoms with E-state index in [-0.39, 0.29) is 5.54 Å². The molecule has 1 aromatic heterocycles. The van der Waals surface area contributed by atoms with Crippen LogP contribution in [-0.4, -0.2) is 29.5 Å². The molecule has 0 unspecified atom stereocenters. The average Bonchev–Trinajstić information content (AvgIpc) is 2.38. The van der Waals surface area contributed by atoms with Crippen molar-refractivity contribution in [1.29, 1.82) is 5.26 Å². The fourth-order valence-electron chi connectivity index (χ4n) is 1.99. The summed E-state index contributed by atoms with van der Waals surface area (Å²) in [6.07, 6.45) is 0. The number of anilines is 1. The normalized spacial score (nSPS) is 11.3. The number of fused-ring (bicyclic) bond motifs is 1. The molecule has 0 atom stereocenters. The molecule has 2 rings (SSSR count). The van der Waals surface area contributed by atoms with Crippen LogP contribution in [0, 0.1) is 11.3 Å². The van der Waals surface area contributed by atoms with E-state index in [9.17, 15) is 5.26 Å². The van der Waals surface area contributed by atoms with Crippen molar-refractivity contribution in [3.05, 3.63) is 30.0 Å². The van der Waals surface area contributed by atoms with Gasteiger partial charge in [-0.1, -0.05) is 18.2 Å². The van der Waals surface area contributed by atoms with Crippen LogP contribution in [0.5, 0.6) is 0 Å². The first kappa shape index (κ1) is 13.2. The van der Waals surface area contributed by atoms with Gasteiger partial charge in [-0.2, -0.15) is 5.26 Å². The smallest absolute Gasteiger partial charge is 0.186 e. The third kappa shape index (κ3) is 2.80. The van der Waals surface area contributed by atoms with E-state index in [1.54, 1.807) is 7.11 Å². The maximum Gasteiger partial charge on any atom is 0.186 e. The monoisotopic (exact) mass is 256 g/mol.